The Morgan fingerprint density at radius 3 is 2.45 bits per heavy atom. The van der Waals surface area contributed by atoms with Gasteiger partial charge in [-0.3, -0.25) is 0 Å². The van der Waals surface area contributed by atoms with Crippen LogP contribution in [0.25, 0.3) is 5.69 Å². The first-order valence-electron chi connectivity index (χ1n) is 6.84. The van der Waals surface area contributed by atoms with Gasteiger partial charge >= 0.3 is 11.4 Å². The average Bonchev–Trinajstić information content (AvgIpc) is 3.11. The molecule has 0 radical (unpaired) electrons. The van der Waals surface area contributed by atoms with E-state index in [4.69, 9.17) is 0 Å². The fraction of sp³-hybridized carbons (Fsp3) is 0.429. The number of benzene rings is 1. The molecule has 0 amide bonds. The van der Waals surface area contributed by atoms with E-state index >= 15 is 0 Å². The predicted octanol–water partition coefficient (Wildman–Crippen LogP) is 0.299. The zero-order chi connectivity index (χ0) is 13.9. The van der Waals surface area contributed by atoms with E-state index in [-0.39, 0.29) is 36.0 Å². The summed E-state index contributed by atoms with van der Waals surface area (Å²) in [5, 5.41) is 9.39. The molecular weight excluding hydrogens is 258 g/mol. The number of hydrogen-bond donors (Lipinski definition) is 1. The number of aromatic nitrogens is 3. The molecule has 20 heavy (non-hydrogen) atoms. The van der Waals surface area contributed by atoms with Crippen molar-refractivity contribution >= 4 is 0 Å². The van der Waals surface area contributed by atoms with Crippen molar-refractivity contribution in [2.45, 2.75) is 24.9 Å². The number of para-hydroxylation sites is 1. The van der Waals surface area contributed by atoms with Gasteiger partial charge in [0, 0.05) is 12.5 Å². The fourth-order valence-corrected chi connectivity index (χ4v) is 3.67. The summed E-state index contributed by atoms with van der Waals surface area (Å²) in [4.78, 5) is 25.1. The van der Waals surface area contributed by atoms with Crippen LogP contribution in [0.2, 0.25) is 0 Å². The summed E-state index contributed by atoms with van der Waals surface area (Å²) in [7, 11) is 0. The van der Waals surface area contributed by atoms with Gasteiger partial charge in [-0.1, -0.05) is 18.2 Å². The predicted molar refractivity (Wildman–Crippen MR) is 72.2 cm³/mol. The third-order valence-electron chi connectivity index (χ3n) is 4.55. The minimum absolute atomic E-state index is 0.0438. The Hall–Kier alpha value is -2.08. The van der Waals surface area contributed by atoms with E-state index in [1.807, 2.05) is 6.07 Å². The number of hydrogen-bond acceptors (Lipinski definition) is 3. The first kappa shape index (κ1) is 11.7. The van der Waals surface area contributed by atoms with Gasteiger partial charge in [-0.2, -0.15) is 0 Å². The normalized spacial score (nSPS) is 26.9. The van der Waals surface area contributed by atoms with Gasteiger partial charge in [0.1, 0.15) is 0 Å². The first-order valence-corrected chi connectivity index (χ1v) is 6.84. The van der Waals surface area contributed by atoms with Crippen molar-refractivity contribution in [3.8, 4) is 5.69 Å². The number of aliphatic hydroxyl groups excluding tert-OH is 1. The zero-order valence-electron chi connectivity index (χ0n) is 10.8. The molecule has 1 aromatic carbocycles. The van der Waals surface area contributed by atoms with Crippen LogP contribution in [0.4, 0.5) is 0 Å². The highest BCUT2D eigenvalue weighted by molar-refractivity contribution is 5.30. The van der Waals surface area contributed by atoms with Gasteiger partial charge in [-0.05, 0) is 25.0 Å². The Bertz CT molecular complexity index is 771. The summed E-state index contributed by atoms with van der Waals surface area (Å²) < 4.78 is 4.34. The minimum Gasteiger partial charge on any atom is -0.396 e. The third kappa shape index (κ3) is 1.31. The van der Waals surface area contributed by atoms with Gasteiger partial charge in [0.15, 0.2) is 0 Å². The second-order valence-corrected chi connectivity index (χ2v) is 5.56. The maximum atomic E-state index is 12.6. The Kier molecular flexibility index (Phi) is 2.32. The van der Waals surface area contributed by atoms with Gasteiger partial charge < -0.3 is 5.11 Å². The van der Waals surface area contributed by atoms with Crippen LogP contribution >= 0.6 is 0 Å². The SMILES string of the molecule is O=c1n(-c2ccccc2)c(=O)n2n1C1CC(CO)C2C1. The van der Waals surface area contributed by atoms with Crippen LogP contribution in [0.1, 0.15) is 24.9 Å². The molecule has 1 aliphatic carbocycles. The lowest BCUT2D eigenvalue weighted by Crippen LogP contribution is -2.33. The van der Waals surface area contributed by atoms with Crippen molar-refractivity contribution in [1.29, 1.82) is 0 Å². The monoisotopic (exact) mass is 273 g/mol. The fourth-order valence-electron chi connectivity index (χ4n) is 3.67. The molecule has 6 nitrogen and oxygen atoms in total. The summed E-state index contributed by atoms with van der Waals surface area (Å²) in [6.45, 7) is 0.0678. The molecule has 4 rings (SSSR count). The topological polar surface area (TPSA) is 69.2 Å². The van der Waals surface area contributed by atoms with Crippen LogP contribution in [0.3, 0.4) is 0 Å². The standard InChI is InChI=1S/C14H15N3O3/c18-8-9-6-11-7-12(9)17-14(20)15(13(19)16(11)17)10-4-2-1-3-5-10/h1-5,9,11-12,18H,6-8H2. The smallest absolute Gasteiger partial charge is 0.352 e. The summed E-state index contributed by atoms with van der Waals surface area (Å²) >= 11 is 0. The molecule has 1 N–H and O–H groups in total. The number of nitrogens with zero attached hydrogens (tertiary/aromatic N) is 3. The van der Waals surface area contributed by atoms with Crippen molar-refractivity contribution < 1.29 is 5.11 Å². The van der Waals surface area contributed by atoms with Gasteiger partial charge in [-0.25, -0.2) is 23.5 Å². The molecular formula is C14H15N3O3. The maximum Gasteiger partial charge on any atom is 0.352 e. The van der Waals surface area contributed by atoms with Crippen molar-refractivity contribution in [2.75, 3.05) is 6.61 Å². The first-order chi connectivity index (χ1) is 9.72. The molecule has 1 saturated carbocycles. The number of rotatable bonds is 2. The van der Waals surface area contributed by atoms with Crippen molar-refractivity contribution in [1.82, 2.24) is 13.9 Å². The lowest BCUT2D eigenvalue weighted by atomic mass is 10.0. The molecule has 0 saturated heterocycles. The summed E-state index contributed by atoms with van der Waals surface area (Å²) in [6, 6.07) is 8.97. The van der Waals surface area contributed by atoms with Crippen LogP contribution in [0.15, 0.2) is 39.9 Å². The van der Waals surface area contributed by atoms with E-state index < -0.39 is 0 Å². The number of fused-ring (bicyclic) bond motifs is 5. The molecule has 6 heteroatoms. The van der Waals surface area contributed by atoms with Crippen molar-refractivity contribution in [3.63, 3.8) is 0 Å². The summed E-state index contributed by atoms with van der Waals surface area (Å²) in [5.41, 5.74) is 0.0220. The van der Waals surface area contributed by atoms with E-state index in [1.54, 1.807) is 33.6 Å². The lowest BCUT2D eigenvalue weighted by molar-refractivity contribution is 0.164. The number of aliphatic hydroxyl groups is 1. The van der Waals surface area contributed by atoms with Crippen molar-refractivity contribution in [3.05, 3.63) is 51.3 Å². The summed E-state index contributed by atoms with van der Waals surface area (Å²) in [6.07, 6.45) is 1.56. The third-order valence-corrected chi connectivity index (χ3v) is 4.55. The molecule has 2 aromatic rings. The van der Waals surface area contributed by atoms with Crippen LogP contribution in [0, 0.1) is 5.92 Å². The minimum atomic E-state index is -0.299. The average molecular weight is 273 g/mol. The maximum absolute atomic E-state index is 12.6. The largest absolute Gasteiger partial charge is 0.396 e. The van der Waals surface area contributed by atoms with E-state index in [0.717, 1.165) is 12.8 Å². The molecule has 1 aliphatic heterocycles. The Morgan fingerprint density at radius 2 is 1.75 bits per heavy atom. The Balaban J connectivity index is 1.95. The molecule has 1 fully saturated rings. The van der Waals surface area contributed by atoms with E-state index in [0.29, 0.717) is 5.69 Å². The quantitative estimate of drug-likeness (QED) is 0.855. The Labute approximate surface area is 114 Å². The van der Waals surface area contributed by atoms with E-state index in [1.165, 1.54) is 4.57 Å². The molecule has 2 aliphatic rings. The van der Waals surface area contributed by atoms with Crippen LogP contribution < -0.4 is 11.4 Å². The molecule has 3 unspecified atom stereocenters. The van der Waals surface area contributed by atoms with E-state index in [2.05, 4.69) is 0 Å². The molecule has 2 heterocycles. The highest BCUT2D eigenvalue weighted by atomic mass is 16.3. The van der Waals surface area contributed by atoms with Crippen molar-refractivity contribution in [2.24, 2.45) is 5.92 Å². The molecule has 104 valence electrons. The summed E-state index contributed by atoms with van der Waals surface area (Å²) in [5.74, 6) is 0.0868. The highest BCUT2D eigenvalue weighted by Crippen LogP contribution is 2.46. The van der Waals surface area contributed by atoms with Crippen LogP contribution in [-0.4, -0.2) is 25.6 Å². The van der Waals surface area contributed by atoms with Crippen LogP contribution in [0.5, 0.6) is 0 Å². The highest BCUT2D eigenvalue weighted by Gasteiger charge is 2.46. The molecule has 3 atom stereocenters. The van der Waals surface area contributed by atoms with Crippen LogP contribution in [-0.2, 0) is 0 Å². The van der Waals surface area contributed by atoms with Gasteiger partial charge in [-0.15, -0.1) is 0 Å². The second kappa shape index (κ2) is 3.96. The van der Waals surface area contributed by atoms with E-state index in [9.17, 15) is 14.7 Å². The second-order valence-electron chi connectivity index (χ2n) is 5.56. The Morgan fingerprint density at radius 1 is 1.05 bits per heavy atom. The van der Waals surface area contributed by atoms with Gasteiger partial charge in [0.25, 0.3) is 0 Å². The molecule has 1 aromatic heterocycles. The lowest BCUT2D eigenvalue weighted by Gasteiger charge is -2.21. The van der Waals surface area contributed by atoms with Gasteiger partial charge in [0.2, 0.25) is 0 Å². The molecule has 2 bridgehead atoms. The zero-order valence-corrected chi connectivity index (χ0v) is 10.8. The van der Waals surface area contributed by atoms with Gasteiger partial charge in [0.05, 0.1) is 17.8 Å². The molecule has 0 spiro atoms.